The molecular weight excluding hydrogens is 224 g/mol. The summed E-state index contributed by atoms with van der Waals surface area (Å²) in [7, 11) is 0. The molecule has 1 N–H and O–H groups in total. The molecule has 0 spiro atoms. The number of nitriles is 1. The number of hydrogen-bond acceptors (Lipinski definition) is 3. The van der Waals surface area contributed by atoms with E-state index >= 15 is 0 Å². The van der Waals surface area contributed by atoms with Gasteiger partial charge < -0.3 is 4.74 Å². The van der Waals surface area contributed by atoms with E-state index in [0.29, 0.717) is 0 Å². The van der Waals surface area contributed by atoms with E-state index in [0.717, 1.165) is 51.4 Å². The van der Waals surface area contributed by atoms with Crippen molar-refractivity contribution >= 4 is 0 Å². The van der Waals surface area contributed by atoms with E-state index in [1.807, 2.05) is 6.92 Å². The third-order valence-electron chi connectivity index (χ3n) is 3.05. The van der Waals surface area contributed by atoms with Crippen LogP contribution in [0.4, 0.5) is 0 Å². The molecule has 106 valence electrons. The van der Waals surface area contributed by atoms with Crippen molar-refractivity contribution in [3.63, 3.8) is 0 Å². The number of ether oxygens (including phenoxy) is 1. The average molecular weight is 254 g/mol. The minimum absolute atomic E-state index is 0.392. The highest BCUT2D eigenvalue weighted by atomic mass is 16.5. The second-order valence-electron chi connectivity index (χ2n) is 5.62. The van der Waals surface area contributed by atoms with Gasteiger partial charge in [0.1, 0.15) is 5.54 Å². The van der Waals surface area contributed by atoms with Crippen LogP contribution in [0.5, 0.6) is 0 Å². The monoisotopic (exact) mass is 254 g/mol. The van der Waals surface area contributed by atoms with Gasteiger partial charge in [-0.05, 0) is 51.5 Å². The average Bonchev–Trinajstić information content (AvgIpc) is 2.35. The Hall–Kier alpha value is -0.590. The molecule has 3 nitrogen and oxygen atoms in total. The third-order valence-corrected chi connectivity index (χ3v) is 3.05. The van der Waals surface area contributed by atoms with E-state index in [2.05, 4.69) is 32.2 Å². The summed E-state index contributed by atoms with van der Waals surface area (Å²) in [4.78, 5) is 0. The van der Waals surface area contributed by atoms with Crippen LogP contribution in [0.15, 0.2) is 0 Å². The van der Waals surface area contributed by atoms with E-state index in [1.54, 1.807) is 0 Å². The summed E-state index contributed by atoms with van der Waals surface area (Å²) >= 11 is 0. The van der Waals surface area contributed by atoms with Crippen molar-refractivity contribution < 1.29 is 4.74 Å². The van der Waals surface area contributed by atoms with Crippen LogP contribution in [0, 0.1) is 17.2 Å². The van der Waals surface area contributed by atoms with Gasteiger partial charge in [0, 0.05) is 13.2 Å². The molecule has 0 aliphatic carbocycles. The van der Waals surface area contributed by atoms with Crippen molar-refractivity contribution in [3.8, 4) is 6.07 Å². The van der Waals surface area contributed by atoms with Gasteiger partial charge in [-0.15, -0.1) is 0 Å². The first-order valence-corrected chi connectivity index (χ1v) is 7.28. The molecule has 0 aliphatic rings. The summed E-state index contributed by atoms with van der Waals surface area (Å²) in [5.74, 6) is 0.758. The van der Waals surface area contributed by atoms with E-state index in [9.17, 15) is 0 Å². The zero-order valence-corrected chi connectivity index (χ0v) is 12.6. The smallest absolute Gasteiger partial charge is 0.104 e. The van der Waals surface area contributed by atoms with Gasteiger partial charge in [0.15, 0.2) is 0 Å². The van der Waals surface area contributed by atoms with Crippen LogP contribution in [-0.2, 0) is 4.74 Å². The van der Waals surface area contributed by atoms with E-state index in [4.69, 9.17) is 10.00 Å². The van der Waals surface area contributed by atoms with Crippen molar-refractivity contribution in [3.05, 3.63) is 0 Å². The molecule has 1 unspecified atom stereocenters. The Bertz CT molecular complexity index is 235. The first kappa shape index (κ1) is 17.4. The summed E-state index contributed by atoms with van der Waals surface area (Å²) in [5, 5.41) is 12.5. The lowest BCUT2D eigenvalue weighted by atomic mass is 9.98. The number of rotatable bonds is 11. The fraction of sp³-hybridized carbons (Fsp3) is 0.933. The predicted octanol–water partition coefficient (Wildman–Crippen LogP) is 3.50. The Balaban J connectivity index is 3.54. The molecule has 0 aromatic carbocycles. The Morgan fingerprint density at radius 2 is 1.94 bits per heavy atom. The summed E-state index contributed by atoms with van der Waals surface area (Å²) in [6.45, 7) is 11.1. The highest BCUT2D eigenvalue weighted by molar-refractivity contribution is 5.03. The largest absolute Gasteiger partial charge is 0.381 e. The minimum Gasteiger partial charge on any atom is -0.381 e. The molecule has 0 saturated carbocycles. The Labute approximate surface area is 113 Å². The second-order valence-corrected chi connectivity index (χ2v) is 5.62. The van der Waals surface area contributed by atoms with Crippen LogP contribution >= 0.6 is 0 Å². The normalized spacial score (nSPS) is 14.4. The Morgan fingerprint density at radius 1 is 1.28 bits per heavy atom. The molecule has 1 atom stereocenters. The van der Waals surface area contributed by atoms with Gasteiger partial charge in [0.2, 0.25) is 0 Å². The van der Waals surface area contributed by atoms with Crippen LogP contribution in [-0.4, -0.2) is 25.3 Å². The van der Waals surface area contributed by atoms with Crippen LogP contribution in [0.2, 0.25) is 0 Å². The lowest BCUT2D eigenvalue weighted by molar-refractivity contribution is 0.120. The van der Waals surface area contributed by atoms with Crippen molar-refractivity contribution in [2.45, 2.75) is 65.3 Å². The zero-order chi connectivity index (χ0) is 13.9. The summed E-state index contributed by atoms with van der Waals surface area (Å²) < 4.78 is 5.59. The fourth-order valence-corrected chi connectivity index (χ4v) is 1.81. The number of nitrogens with zero attached hydrogens (tertiary/aromatic N) is 1. The molecule has 0 aromatic heterocycles. The lowest BCUT2D eigenvalue weighted by Gasteiger charge is -2.22. The predicted molar refractivity (Wildman–Crippen MR) is 76.4 cm³/mol. The molecule has 18 heavy (non-hydrogen) atoms. The first-order valence-electron chi connectivity index (χ1n) is 7.28. The molecular formula is C15H30N2O. The molecule has 0 fully saturated rings. The maximum absolute atomic E-state index is 9.16. The molecule has 0 amide bonds. The van der Waals surface area contributed by atoms with Gasteiger partial charge in [0.25, 0.3) is 0 Å². The topological polar surface area (TPSA) is 45.0 Å². The van der Waals surface area contributed by atoms with Gasteiger partial charge in [-0.2, -0.15) is 5.26 Å². The maximum Gasteiger partial charge on any atom is 0.104 e. The van der Waals surface area contributed by atoms with Crippen LogP contribution in [0.25, 0.3) is 0 Å². The van der Waals surface area contributed by atoms with Gasteiger partial charge in [-0.3, -0.25) is 5.32 Å². The van der Waals surface area contributed by atoms with Crippen LogP contribution in [0.1, 0.15) is 59.8 Å². The van der Waals surface area contributed by atoms with E-state index < -0.39 is 5.54 Å². The first-order chi connectivity index (χ1) is 8.54. The van der Waals surface area contributed by atoms with Gasteiger partial charge in [-0.1, -0.05) is 20.8 Å². The number of nitrogens with one attached hydrogen (secondary N) is 1. The van der Waals surface area contributed by atoms with Crippen molar-refractivity contribution in [2.24, 2.45) is 5.92 Å². The maximum atomic E-state index is 9.16. The van der Waals surface area contributed by atoms with Gasteiger partial charge in [0.05, 0.1) is 6.07 Å². The zero-order valence-electron chi connectivity index (χ0n) is 12.6. The van der Waals surface area contributed by atoms with E-state index in [1.165, 1.54) is 6.42 Å². The minimum atomic E-state index is -0.392. The SMILES string of the molecule is CCCNC(C)(C#N)CCCOCCCC(C)C. The molecule has 3 heteroatoms. The highest BCUT2D eigenvalue weighted by Crippen LogP contribution is 2.11. The number of hydrogen-bond donors (Lipinski definition) is 1. The summed E-state index contributed by atoms with van der Waals surface area (Å²) in [6, 6.07) is 2.36. The molecule has 0 rings (SSSR count). The summed E-state index contributed by atoms with van der Waals surface area (Å²) in [6.07, 6.45) is 5.23. The molecule has 0 saturated heterocycles. The van der Waals surface area contributed by atoms with Crippen LogP contribution in [0.3, 0.4) is 0 Å². The molecule has 0 radical (unpaired) electrons. The summed E-state index contributed by atoms with van der Waals surface area (Å²) in [5.41, 5.74) is -0.392. The lowest BCUT2D eigenvalue weighted by Crippen LogP contribution is -2.41. The highest BCUT2D eigenvalue weighted by Gasteiger charge is 2.21. The van der Waals surface area contributed by atoms with Crippen molar-refractivity contribution in [2.75, 3.05) is 19.8 Å². The molecule has 0 aliphatic heterocycles. The molecule has 0 aromatic rings. The van der Waals surface area contributed by atoms with Crippen molar-refractivity contribution in [1.82, 2.24) is 5.32 Å². The quantitative estimate of drug-likeness (QED) is 0.574. The third kappa shape index (κ3) is 9.44. The van der Waals surface area contributed by atoms with Gasteiger partial charge >= 0.3 is 0 Å². The van der Waals surface area contributed by atoms with Crippen molar-refractivity contribution in [1.29, 1.82) is 5.26 Å². The van der Waals surface area contributed by atoms with Gasteiger partial charge in [-0.25, -0.2) is 0 Å². The fourth-order valence-electron chi connectivity index (χ4n) is 1.81. The Kier molecular flexibility index (Phi) is 10.0. The molecule has 0 heterocycles. The second kappa shape index (κ2) is 10.3. The van der Waals surface area contributed by atoms with E-state index in [-0.39, 0.29) is 0 Å². The van der Waals surface area contributed by atoms with Crippen LogP contribution < -0.4 is 5.32 Å². The Morgan fingerprint density at radius 3 is 2.50 bits per heavy atom. The molecule has 0 bridgehead atoms. The standard InChI is InChI=1S/C15H30N2O/c1-5-10-17-15(4,13-16)9-7-12-18-11-6-8-14(2)3/h14,17H,5-12H2,1-4H3.